The van der Waals surface area contributed by atoms with Crippen molar-refractivity contribution >= 4 is 17.1 Å². The van der Waals surface area contributed by atoms with E-state index in [2.05, 4.69) is 198 Å². The molecule has 0 radical (unpaired) electrons. The Morgan fingerprint density at radius 3 is 1.43 bits per heavy atom. The molecule has 0 N–H and O–H groups in total. The van der Waals surface area contributed by atoms with Crippen LogP contribution in [0.5, 0.6) is 23.0 Å². The molecule has 1 aliphatic carbocycles. The molecule has 0 saturated heterocycles. The lowest BCUT2D eigenvalue weighted by Crippen LogP contribution is -2.40. The fraction of sp³-hybridized carbons (Fsp3) is 0.0323. The van der Waals surface area contributed by atoms with Crippen LogP contribution in [0.25, 0.3) is 33.5 Å². The number of rotatable bonds is 3. The highest BCUT2D eigenvalue weighted by molar-refractivity contribution is 5.97. The number of benzene rings is 9. The molecule has 5 nitrogen and oxygen atoms in total. The number of hydrogen-bond acceptors (Lipinski definition) is 5. The number of para-hydroxylation sites is 6. The van der Waals surface area contributed by atoms with Gasteiger partial charge in [-0.25, -0.2) is 0 Å². The van der Waals surface area contributed by atoms with Gasteiger partial charge in [0.1, 0.15) is 23.3 Å². The van der Waals surface area contributed by atoms with Gasteiger partial charge in [-0.3, -0.25) is 4.98 Å². The number of hydrogen-bond donors (Lipinski definition) is 0. The highest BCUT2D eigenvalue weighted by Gasteiger charge is 2.54. The molecular weight excluding hydrogens is 819 g/mol. The quantitative estimate of drug-likeness (QED) is 0.177. The van der Waals surface area contributed by atoms with Gasteiger partial charge in [-0.1, -0.05) is 176 Å². The molecule has 67 heavy (non-hydrogen) atoms. The number of nitriles is 1. The lowest BCUT2D eigenvalue weighted by atomic mass is 9.61. The van der Waals surface area contributed by atoms with Crippen LogP contribution in [0, 0.1) is 11.3 Å². The SMILES string of the molecule is N#Cc1c(-c2ccccn2)cccc1-c1cccc2c1Oc1c(N3c4ccccc4C4(c5ccccc5Oc5ccccc54)c4ccccc43)cccc1C21c2ccccc2-c2ccccc21. The summed E-state index contributed by atoms with van der Waals surface area (Å²) in [5, 5.41) is 11.0. The average Bonchev–Trinajstić information content (AvgIpc) is 3.69. The van der Waals surface area contributed by atoms with Crippen molar-refractivity contribution < 1.29 is 9.47 Å². The molecule has 3 aliphatic heterocycles. The third-order valence-electron chi connectivity index (χ3n) is 14.5. The second kappa shape index (κ2) is 14.0. The Bertz CT molecular complexity index is 3610. The van der Waals surface area contributed by atoms with Crippen LogP contribution in [0.3, 0.4) is 0 Å². The van der Waals surface area contributed by atoms with E-state index in [9.17, 15) is 5.26 Å². The number of pyridine rings is 1. The average molecular weight is 856 g/mol. The van der Waals surface area contributed by atoms with Crippen molar-refractivity contribution in [3.63, 3.8) is 0 Å². The lowest BCUT2D eigenvalue weighted by Gasteiger charge is -2.49. The van der Waals surface area contributed by atoms with Gasteiger partial charge in [0.15, 0.2) is 5.75 Å². The Kier molecular flexibility index (Phi) is 7.82. The molecule has 4 aliphatic rings. The van der Waals surface area contributed by atoms with Crippen LogP contribution in [0.1, 0.15) is 50.1 Å². The van der Waals surface area contributed by atoms with Gasteiger partial charge in [0.2, 0.25) is 0 Å². The molecule has 5 heteroatoms. The number of ether oxygens (including phenoxy) is 2. The van der Waals surface area contributed by atoms with Gasteiger partial charge in [-0.05, 0) is 75.8 Å². The molecule has 0 amide bonds. The summed E-state index contributed by atoms with van der Waals surface area (Å²) >= 11 is 0. The van der Waals surface area contributed by atoms with Crippen molar-refractivity contribution in [1.29, 1.82) is 5.26 Å². The van der Waals surface area contributed by atoms with Gasteiger partial charge in [0.25, 0.3) is 0 Å². The van der Waals surface area contributed by atoms with Crippen LogP contribution in [0.4, 0.5) is 17.1 Å². The summed E-state index contributed by atoms with van der Waals surface area (Å²) in [5.74, 6) is 3.15. The van der Waals surface area contributed by atoms with E-state index in [1.807, 2.05) is 36.4 Å². The van der Waals surface area contributed by atoms with Gasteiger partial charge in [-0.2, -0.15) is 5.26 Å². The number of fused-ring (bicyclic) bond motifs is 17. The third-order valence-corrected chi connectivity index (χ3v) is 14.5. The van der Waals surface area contributed by atoms with E-state index >= 15 is 0 Å². The second-order valence-corrected chi connectivity index (χ2v) is 17.5. The van der Waals surface area contributed by atoms with Crippen molar-refractivity contribution in [1.82, 2.24) is 4.98 Å². The fourth-order valence-electron chi connectivity index (χ4n) is 12.0. The summed E-state index contributed by atoms with van der Waals surface area (Å²) in [6, 6.07) is 79.7. The standard InChI is InChI=1S/C62H37N3O2/c63-38-44-39(20-15-21-42(44)53-31-13-14-37-64-53)43-22-16-29-51-59(43)67-60-52(61(51)45-23-3-1-18-40(45)41-19-2-4-24-46(41)61)30-17-34-56(60)65-54-32-9-5-25-47(54)62(48-26-6-10-33-55(48)65)49-27-7-11-35-57(49)66-58-36-12-8-28-50(58)62/h1-37H. The number of anilines is 3. The first kappa shape index (κ1) is 37.4. The van der Waals surface area contributed by atoms with Crippen LogP contribution < -0.4 is 14.4 Å². The summed E-state index contributed by atoms with van der Waals surface area (Å²) in [4.78, 5) is 7.09. The smallest absolute Gasteiger partial charge is 0.156 e. The Hall–Kier alpha value is -8.98. The topological polar surface area (TPSA) is 58.4 Å². The minimum atomic E-state index is -0.776. The van der Waals surface area contributed by atoms with Crippen LogP contribution >= 0.6 is 0 Å². The van der Waals surface area contributed by atoms with E-state index in [0.717, 1.165) is 90.1 Å². The molecule has 0 saturated carbocycles. The third kappa shape index (κ3) is 4.83. The molecule has 14 rings (SSSR count). The minimum absolute atomic E-state index is 0.541. The Labute approximate surface area is 388 Å². The van der Waals surface area contributed by atoms with E-state index in [1.54, 1.807) is 6.20 Å². The molecule has 1 aromatic heterocycles. The predicted molar refractivity (Wildman–Crippen MR) is 264 cm³/mol. The second-order valence-electron chi connectivity index (χ2n) is 17.5. The van der Waals surface area contributed by atoms with E-state index in [-0.39, 0.29) is 0 Å². The van der Waals surface area contributed by atoms with Gasteiger partial charge < -0.3 is 14.4 Å². The molecule has 0 unspecified atom stereocenters. The molecule has 312 valence electrons. The maximum atomic E-state index is 11.0. The van der Waals surface area contributed by atoms with Crippen LogP contribution in [0.2, 0.25) is 0 Å². The number of nitrogens with zero attached hydrogens (tertiary/aromatic N) is 3. The van der Waals surface area contributed by atoms with Gasteiger partial charge >= 0.3 is 0 Å². The minimum Gasteiger partial charge on any atom is -0.457 e. The Balaban J connectivity index is 1.08. The molecular formula is C62H37N3O2. The van der Waals surface area contributed by atoms with Crippen LogP contribution in [-0.2, 0) is 10.8 Å². The zero-order valence-electron chi connectivity index (χ0n) is 36.0. The molecule has 0 atom stereocenters. The monoisotopic (exact) mass is 855 g/mol. The summed E-state index contributed by atoms with van der Waals surface area (Å²) in [7, 11) is 0. The summed E-state index contributed by atoms with van der Waals surface area (Å²) in [6.07, 6.45) is 1.77. The zero-order chi connectivity index (χ0) is 44.3. The Morgan fingerprint density at radius 1 is 0.358 bits per heavy atom. The normalized spacial score (nSPS) is 14.4. The molecule has 0 bridgehead atoms. The van der Waals surface area contributed by atoms with E-state index in [4.69, 9.17) is 9.47 Å². The summed E-state index contributed by atoms with van der Waals surface area (Å²) < 4.78 is 14.4. The van der Waals surface area contributed by atoms with Gasteiger partial charge in [0.05, 0.1) is 39.1 Å². The molecule has 9 aromatic carbocycles. The molecule has 0 fully saturated rings. The highest BCUT2D eigenvalue weighted by Crippen LogP contribution is 2.68. The Morgan fingerprint density at radius 2 is 0.806 bits per heavy atom. The van der Waals surface area contributed by atoms with Crippen molar-refractivity contribution in [2.24, 2.45) is 0 Å². The van der Waals surface area contributed by atoms with Crippen LogP contribution in [0.15, 0.2) is 225 Å². The first-order chi connectivity index (χ1) is 33.2. The van der Waals surface area contributed by atoms with E-state index < -0.39 is 10.8 Å². The number of aromatic nitrogens is 1. The van der Waals surface area contributed by atoms with Crippen LogP contribution in [-0.4, -0.2) is 4.98 Å². The first-order valence-electron chi connectivity index (χ1n) is 22.7. The maximum Gasteiger partial charge on any atom is 0.156 e. The maximum absolute atomic E-state index is 11.0. The summed E-state index contributed by atoms with van der Waals surface area (Å²) in [6.45, 7) is 0. The molecule has 4 heterocycles. The van der Waals surface area contributed by atoms with Gasteiger partial charge in [-0.15, -0.1) is 0 Å². The zero-order valence-corrected chi connectivity index (χ0v) is 36.0. The molecule has 2 spiro atoms. The van der Waals surface area contributed by atoms with Crippen molar-refractivity contribution in [2.75, 3.05) is 4.90 Å². The van der Waals surface area contributed by atoms with Gasteiger partial charge in [0, 0.05) is 45.1 Å². The largest absolute Gasteiger partial charge is 0.457 e. The predicted octanol–water partition coefficient (Wildman–Crippen LogP) is 15.0. The van der Waals surface area contributed by atoms with Crippen molar-refractivity contribution in [3.8, 4) is 62.6 Å². The highest BCUT2D eigenvalue weighted by atomic mass is 16.5. The summed E-state index contributed by atoms with van der Waals surface area (Å²) in [5.41, 5.74) is 16.5. The fourth-order valence-corrected chi connectivity index (χ4v) is 12.0. The first-order valence-corrected chi connectivity index (χ1v) is 22.7. The van der Waals surface area contributed by atoms with Crippen molar-refractivity contribution in [2.45, 2.75) is 10.8 Å². The van der Waals surface area contributed by atoms with E-state index in [1.165, 1.54) is 22.3 Å². The lowest BCUT2D eigenvalue weighted by molar-refractivity contribution is 0.433. The van der Waals surface area contributed by atoms with E-state index in [0.29, 0.717) is 11.3 Å². The molecule has 10 aromatic rings. The van der Waals surface area contributed by atoms with Crippen molar-refractivity contribution in [3.05, 3.63) is 275 Å².